The summed E-state index contributed by atoms with van der Waals surface area (Å²) in [5, 5.41) is 0. The number of aliphatic imine (C=N–C) groups is 1. The van der Waals surface area contributed by atoms with E-state index in [0.717, 1.165) is 32.8 Å². The van der Waals surface area contributed by atoms with Crippen LogP contribution in [0, 0.1) is 0 Å². The van der Waals surface area contributed by atoms with Crippen LogP contribution in [0.15, 0.2) is 4.99 Å². The predicted molar refractivity (Wildman–Crippen MR) is 44.8 cm³/mol. The van der Waals surface area contributed by atoms with Gasteiger partial charge in [0.05, 0.1) is 19.3 Å². The Morgan fingerprint density at radius 2 is 2.25 bits per heavy atom. The normalized spacial score (nSPS) is 21.4. The molecule has 1 unspecified atom stereocenters. The molecular formula is C8H14N2O2. The van der Waals surface area contributed by atoms with E-state index in [1.807, 2.05) is 6.92 Å². The second kappa shape index (κ2) is 5.04. The third-order valence-corrected chi connectivity index (χ3v) is 1.90. The van der Waals surface area contributed by atoms with Crippen molar-refractivity contribution in [3.63, 3.8) is 0 Å². The Bertz CT molecular complexity index is 172. The first-order valence-electron chi connectivity index (χ1n) is 4.20. The maximum absolute atomic E-state index is 9.92. The fourth-order valence-electron chi connectivity index (χ4n) is 1.29. The molecule has 0 aromatic carbocycles. The van der Waals surface area contributed by atoms with Gasteiger partial charge in [0.15, 0.2) is 0 Å². The minimum absolute atomic E-state index is 0.0561. The van der Waals surface area contributed by atoms with E-state index >= 15 is 0 Å². The van der Waals surface area contributed by atoms with Crippen LogP contribution < -0.4 is 0 Å². The van der Waals surface area contributed by atoms with E-state index in [-0.39, 0.29) is 6.04 Å². The zero-order valence-corrected chi connectivity index (χ0v) is 7.32. The summed E-state index contributed by atoms with van der Waals surface area (Å²) in [4.78, 5) is 15.8. The number of nitrogens with zero attached hydrogens (tertiary/aromatic N) is 2. The molecule has 68 valence electrons. The van der Waals surface area contributed by atoms with E-state index < -0.39 is 0 Å². The largest absolute Gasteiger partial charge is 0.379 e. The second-order valence-corrected chi connectivity index (χ2v) is 2.98. The highest BCUT2D eigenvalue weighted by Crippen LogP contribution is 1.99. The average Bonchev–Trinajstić information content (AvgIpc) is 2.06. The summed E-state index contributed by atoms with van der Waals surface area (Å²) in [5.41, 5.74) is 0. The second-order valence-electron chi connectivity index (χ2n) is 2.98. The van der Waals surface area contributed by atoms with Crippen LogP contribution in [0.4, 0.5) is 0 Å². The van der Waals surface area contributed by atoms with Crippen LogP contribution in [0.2, 0.25) is 0 Å². The van der Waals surface area contributed by atoms with Crippen LogP contribution in [-0.4, -0.2) is 49.9 Å². The number of hydrogen-bond acceptors (Lipinski definition) is 4. The highest BCUT2D eigenvalue weighted by Gasteiger charge is 2.12. The molecule has 1 aliphatic heterocycles. The number of ether oxygens (including phenoxy) is 1. The lowest BCUT2D eigenvalue weighted by Gasteiger charge is -2.27. The highest BCUT2D eigenvalue weighted by molar-refractivity contribution is 5.33. The van der Waals surface area contributed by atoms with Gasteiger partial charge in [0.2, 0.25) is 6.08 Å². The van der Waals surface area contributed by atoms with Gasteiger partial charge in [-0.25, -0.2) is 9.79 Å². The molecule has 0 aromatic rings. The Morgan fingerprint density at radius 3 is 2.83 bits per heavy atom. The van der Waals surface area contributed by atoms with Gasteiger partial charge in [0.25, 0.3) is 0 Å². The van der Waals surface area contributed by atoms with E-state index in [1.54, 1.807) is 6.08 Å². The van der Waals surface area contributed by atoms with Gasteiger partial charge in [0, 0.05) is 19.6 Å². The average molecular weight is 170 g/mol. The van der Waals surface area contributed by atoms with Crippen molar-refractivity contribution in [2.45, 2.75) is 13.0 Å². The molecule has 1 rings (SSSR count). The van der Waals surface area contributed by atoms with Gasteiger partial charge < -0.3 is 4.74 Å². The first-order valence-corrected chi connectivity index (χ1v) is 4.20. The number of morpholine rings is 1. The van der Waals surface area contributed by atoms with Crippen LogP contribution in [0.3, 0.4) is 0 Å². The Kier molecular flexibility index (Phi) is 3.94. The molecule has 0 spiro atoms. The van der Waals surface area contributed by atoms with Crippen molar-refractivity contribution >= 4 is 6.08 Å². The SMILES string of the molecule is CC(CN1CCOCC1)N=C=O. The molecule has 0 aliphatic carbocycles. The molecule has 0 saturated carbocycles. The monoisotopic (exact) mass is 170 g/mol. The van der Waals surface area contributed by atoms with Crippen LogP contribution in [0.5, 0.6) is 0 Å². The number of hydrogen-bond donors (Lipinski definition) is 0. The van der Waals surface area contributed by atoms with Crippen LogP contribution in [-0.2, 0) is 9.53 Å². The van der Waals surface area contributed by atoms with Gasteiger partial charge in [-0.1, -0.05) is 0 Å². The van der Waals surface area contributed by atoms with E-state index in [4.69, 9.17) is 4.74 Å². The van der Waals surface area contributed by atoms with Crippen LogP contribution >= 0.6 is 0 Å². The first-order chi connectivity index (χ1) is 5.83. The zero-order chi connectivity index (χ0) is 8.81. The summed E-state index contributed by atoms with van der Waals surface area (Å²) in [6, 6.07) is 0.0561. The molecule has 0 amide bonds. The Morgan fingerprint density at radius 1 is 1.58 bits per heavy atom. The maximum atomic E-state index is 9.92. The third kappa shape index (κ3) is 3.13. The quantitative estimate of drug-likeness (QED) is 0.443. The summed E-state index contributed by atoms with van der Waals surface area (Å²) in [6.45, 7) is 6.21. The molecular weight excluding hydrogens is 156 g/mol. The standard InChI is InChI=1S/C8H14N2O2/c1-8(9-7-11)6-10-2-4-12-5-3-10/h8H,2-6H2,1H3. The molecule has 12 heavy (non-hydrogen) atoms. The van der Waals surface area contributed by atoms with Gasteiger partial charge in [-0.2, -0.15) is 0 Å². The Hall–Kier alpha value is -0.700. The predicted octanol–water partition coefficient (Wildman–Crippen LogP) is 0.0429. The first kappa shape index (κ1) is 9.39. The van der Waals surface area contributed by atoms with Crippen molar-refractivity contribution in [2.24, 2.45) is 4.99 Å². The van der Waals surface area contributed by atoms with Crippen molar-refractivity contribution in [3.8, 4) is 0 Å². The van der Waals surface area contributed by atoms with E-state index in [9.17, 15) is 4.79 Å². The van der Waals surface area contributed by atoms with Gasteiger partial charge in [-0.05, 0) is 6.92 Å². The van der Waals surface area contributed by atoms with Crippen molar-refractivity contribution < 1.29 is 9.53 Å². The lowest BCUT2D eigenvalue weighted by Crippen LogP contribution is -2.39. The van der Waals surface area contributed by atoms with Crippen molar-refractivity contribution in [2.75, 3.05) is 32.8 Å². The van der Waals surface area contributed by atoms with E-state index in [1.165, 1.54) is 0 Å². The summed E-state index contributed by atoms with van der Waals surface area (Å²) in [5.74, 6) is 0. The molecule has 1 saturated heterocycles. The number of isocyanates is 1. The van der Waals surface area contributed by atoms with Crippen molar-refractivity contribution in [1.29, 1.82) is 0 Å². The minimum atomic E-state index is 0.0561. The molecule has 0 aromatic heterocycles. The summed E-state index contributed by atoms with van der Waals surface area (Å²) in [6.07, 6.45) is 1.57. The highest BCUT2D eigenvalue weighted by atomic mass is 16.5. The lowest BCUT2D eigenvalue weighted by atomic mass is 10.3. The van der Waals surface area contributed by atoms with Crippen LogP contribution in [0.1, 0.15) is 6.92 Å². The molecule has 0 bridgehead atoms. The van der Waals surface area contributed by atoms with Crippen molar-refractivity contribution in [1.82, 2.24) is 4.90 Å². The maximum Gasteiger partial charge on any atom is 0.235 e. The fraction of sp³-hybridized carbons (Fsp3) is 0.875. The van der Waals surface area contributed by atoms with E-state index in [0.29, 0.717) is 0 Å². The van der Waals surface area contributed by atoms with Gasteiger partial charge in [0.1, 0.15) is 0 Å². The number of rotatable bonds is 3. The molecule has 0 radical (unpaired) electrons. The molecule has 1 fully saturated rings. The van der Waals surface area contributed by atoms with Crippen molar-refractivity contribution in [3.05, 3.63) is 0 Å². The molecule has 4 heteroatoms. The van der Waals surface area contributed by atoms with Gasteiger partial charge in [-0.3, -0.25) is 4.90 Å². The topological polar surface area (TPSA) is 41.9 Å². The fourth-order valence-corrected chi connectivity index (χ4v) is 1.29. The lowest BCUT2D eigenvalue weighted by molar-refractivity contribution is 0.0361. The van der Waals surface area contributed by atoms with Gasteiger partial charge >= 0.3 is 0 Å². The Labute approximate surface area is 72.2 Å². The number of carbonyl (C=O) groups excluding carboxylic acids is 1. The molecule has 0 N–H and O–H groups in total. The van der Waals surface area contributed by atoms with Gasteiger partial charge in [-0.15, -0.1) is 0 Å². The summed E-state index contributed by atoms with van der Waals surface area (Å²) >= 11 is 0. The Balaban J connectivity index is 2.24. The van der Waals surface area contributed by atoms with E-state index in [2.05, 4.69) is 9.89 Å². The zero-order valence-electron chi connectivity index (χ0n) is 7.32. The molecule has 1 heterocycles. The summed E-state index contributed by atoms with van der Waals surface area (Å²) in [7, 11) is 0. The minimum Gasteiger partial charge on any atom is -0.379 e. The third-order valence-electron chi connectivity index (χ3n) is 1.90. The molecule has 1 aliphatic rings. The smallest absolute Gasteiger partial charge is 0.235 e. The molecule has 4 nitrogen and oxygen atoms in total. The van der Waals surface area contributed by atoms with Crippen LogP contribution in [0.25, 0.3) is 0 Å². The summed E-state index contributed by atoms with van der Waals surface area (Å²) < 4.78 is 5.19. The molecule has 1 atom stereocenters.